The predicted octanol–water partition coefficient (Wildman–Crippen LogP) is 0.952. The summed E-state index contributed by atoms with van der Waals surface area (Å²) in [6, 6.07) is 0. The van der Waals surface area contributed by atoms with E-state index in [-0.39, 0.29) is 12.2 Å². The molecule has 2 unspecified atom stereocenters. The van der Waals surface area contributed by atoms with Crippen molar-refractivity contribution in [2.75, 3.05) is 37.4 Å². The summed E-state index contributed by atoms with van der Waals surface area (Å²) in [6.45, 7) is 3.94. The molecule has 1 fully saturated rings. The minimum atomic E-state index is 0.00556. The van der Waals surface area contributed by atoms with E-state index < -0.39 is 0 Å². The summed E-state index contributed by atoms with van der Waals surface area (Å²) in [6.07, 6.45) is 1.51. The van der Waals surface area contributed by atoms with Gasteiger partial charge in [0.2, 0.25) is 0 Å². The molecular formula is C11H17ClN4O2. The molecule has 100 valence electrons. The highest BCUT2D eigenvalue weighted by Crippen LogP contribution is 2.29. The van der Waals surface area contributed by atoms with Crippen LogP contribution in [0.5, 0.6) is 0 Å². The first kappa shape index (κ1) is 13.3. The van der Waals surface area contributed by atoms with E-state index in [1.165, 1.54) is 6.33 Å². The first-order chi connectivity index (χ1) is 8.61. The molecule has 2 N–H and O–H groups in total. The van der Waals surface area contributed by atoms with Crippen LogP contribution >= 0.6 is 11.6 Å². The fourth-order valence-corrected chi connectivity index (χ4v) is 2.31. The molecule has 2 atom stereocenters. The van der Waals surface area contributed by atoms with Crippen molar-refractivity contribution in [3.8, 4) is 0 Å². The molecule has 0 amide bonds. The molecule has 1 aliphatic rings. The van der Waals surface area contributed by atoms with Gasteiger partial charge in [-0.2, -0.15) is 0 Å². The van der Waals surface area contributed by atoms with Crippen LogP contribution < -0.4 is 10.6 Å². The second-order valence-corrected chi connectivity index (χ2v) is 4.70. The Labute approximate surface area is 111 Å². The van der Waals surface area contributed by atoms with Crippen LogP contribution in [-0.2, 0) is 9.47 Å². The number of nitrogen functional groups attached to an aromatic ring is 1. The Kier molecular flexibility index (Phi) is 4.21. The molecule has 1 aromatic heterocycles. The van der Waals surface area contributed by atoms with Gasteiger partial charge in [-0.3, -0.25) is 0 Å². The van der Waals surface area contributed by atoms with Gasteiger partial charge in [0, 0.05) is 20.2 Å². The van der Waals surface area contributed by atoms with E-state index in [0.29, 0.717) is 29.8 Å². The van der Waals surface area contributed by atoms with Crippen molar-refractivity contribution < 1.29 is 9.47 Å². The Morgan fingerprint density at radius 2 is 2.33 bits per heavy atom. The molecule has 18 heavy (non-hydrogen) atoms. The van der Waals surface area contributed by atoms with E-state index >= 15 is 0 Å². The van der Waals surface area contributed by atoms with Gasteiger partial charge in [-0.15, -0.1) is 0 Å². The van der Waals surface area contributed by atoms with Gasteiger partial charge in [0.05, 0.1) is 18.8 Å². The summed E-state index contributed by atoms with van der Waals surface area (Å²) in [5, 5.41) is 0.391. The van der Waals surface area contributed by atoms with E-state index in [2.05, 4.69) is 14.9 Å². The lowest BCUT2D eigenvalue weighted by Gasteiger charge is -2.37. The van der Waals surface area contributed by atoms with Crippen LogP contribution in [0.2, 0.25) is 5.02 Å². The number of methoxy groups -OCH3 is 1. The quantitative estimate of drug-likeness (QED) is 0.883. The lowest BCUT2D eigenvalue weighted by atomic mass is 10.2. The van der Waals surface area contributed by atoms with Crippen LogP contribution in [0.25, 0.3) is 0 Å². The lowest BCUT2D eigenvalue weighted by molar-refractivity contribution is -0.0512. The number of aromatic nitrogens is 2. The molecule has 0 spiro atoms. The fraction of sp³-hybridized carbons (Fsp3) is 0.636. The van der Waals surface area contributed by atoms with Gasteiger partial charge in [0.15, 0.2) is 5.82 Å². The molecule has 7 heteroatoms. The Bertz CT molecular complexity index is 418. The first-order valence-corrected chi connectivity index (χ1v) is 6.15. The summed E-state index contributed by atoms with van der Waals surface area (Å²) in [5.74, 6) is 0.949. The zero-order chi connectivity index (χ0) is 13.1. The maximum absolute atomic E-state index is 6.14. The van der Waals surface area contributed by atoms with Gasteiger partial charge in [0.1, 0.15) is 17.2 Å². The van der Waals surface area contributed by atoms with Gasteiger partial charge >= 0.3 is 0 Å². The van der Waals surface area contributed by atoms with Gasteiger partial charge in [0.25, 0.3) is 0 Å². The van der Waals surface area contributed by atoms with Crippen molar-refractivity contribution in [3.05, 3.63) is 11.3 Å². The van der Waals surface area contributed by atoms with Gasteiger partial charge in [-0.25, -0.2) is 9.97 Å². The van der Waals surface area contributed by atoms with Crippen molar-refractivity contribution in [1.29, 1.82) is 0 Å². The largest absolute Gasteiger partial charge is 0.382 e. The molecule has 1 aromatic rings. The van der Waals surface area contributed by atoms with E-state index in [0.717, 1.165) is 6.54 Å². The van der Waals surface area contributed by atoms with Gasteiger partial charge in [-0.05, 0) is 6.92 Å². The smallest absolute Gasteiger partial charge is 0.153 e. The number of halogens is 1. The van der Waals surface area contributed by atoms with Crippen LogP contribution in [-0.4, -0.2) is 49.0 Å². The molecule has 2 rings (SSSR count). The summed E-state index contributed by atoms with van der Waals surface area (Å²) < 4.78 is 10.9. The average molecular weight is 273 g/mol. The maximum atomic E-state index is 6.14. The number of anilines is 2. The fourth-order valence-electron chi connectivity index (χ4n) is 2.09. The Hall–Kier alpha value is -1.11. The number of morpholine rings is 1. The Balaban J connectivity index is 2.18. The standard InChI is InChI=1S/C11H17ClN4O2/c1-7-3-16(4-8(18-7)5-17-2)11-9(12)10(13)14-6-15-11/h6-8H,3-5H2,1-2H3,(H2,13,14,15). The predicted molar refractivity (Wildman–Crippen MR) is 69.9 cm³/mol. The van der Waals surface area contributed by atoms with Crippen molar-refractivity contribution >= 4 is 23.2 Å². The highest BCUT2D eigenvalue weighted by atomic mass is 35.5. The molecule has 0 saturated carbocycles. The normalized spacial score (nSPS) is 24.3. The molecule has 1 saturated heterocycles. The number of nitrogens with two attached hydrogens (primary N) is 1. The average Bonchev–Trinajstić information content (AvgIpc) is 2.32. The van der Waals surface area contributed by atoms with Gasteiger partial charge < -0.3 is 20.1 Å². The molecule has 0 aliphatic carbocycles. The number of rotatable bonds is 3. The third-order valence-electron chi connectivity index (χ3n) is 2.78. The molecule has 2 heterocycles. The third-order valence-corrected chi connectivity index (χ3v) is 3.14. The number of hydrogen-bond acceptors (Lipinski definition) is 6. The number of hydrogen-bond donors (Lipinski definition) is 1. The molecule has 0 aromatic carbocycles. The summed E-state index contributed by atoms with van der Waals surface area (Å²) in [4.78, 5) is 10.1. The van der Waals surface area contributed by atoms with Crippen LogP contribution in [0, 0.1) is 0 Å². The summed E-state index contributed by atoms with van der Waals surface area (Å²) in [5.41, 5.74) is 5.69. The van der Waals surface area contributed by atoms with E-state index in [4.69, 9.17) is 26.8 Å². The summed E-state index contributed by atoms with van der Waals surface area (Å²) in [7, 11) is 1.66. The van der Waals surface area contributed by atoms with E-state index in [9.17, 15) is 0 Å². The highest BCUT2D eigenvalue weighted by Gasteiger charge is 2.27. The topological polar surface area (TPSA) is 73.5 Å². The maximum Gasteiger partial charge on any atom is 0.153 e. The van der Waals surface area contributed by atoms with E-state index in [1.807, 2.05) is 6.92 Å². The SMILES string of the molecule is COCC1CN(c2ncnc(N)c2Cl)CC(C)O1. The van der Waals surface area contributed by atoms with Crippen molar-refractivity contribution in [1.82, 2.24) is 9.97 Å². The lowest BCUT2D eigenvalue weighted by Crippen LogP contribution is -2.48. The molecule has 6 nitrogen and oxygen atoms in total. The van der Waals surface area contributed by atoms with Crippen LogP contribution in [0.3, 0.4) is 0 Å². The summed E-state index contributed by atoms with van der Waals surface area (Å²) >= 11 is 6.14. The second-order valence-electron chi connectivity index (χ2n) is 4.33. The number of nitrogens with zero attached hydrogens (tertiary/aromatic N) is 3. The van der Waals surface area contributed by atoms with Crippen LogP contribution in [0.1, 0.15) is 6.92 Å². The third kappa shape index (κ3) is 2.82. The van der Waals surface area contributed by atoms with Gasteiger partial charge in [-0.1, -0.05) is 11.6 Å². The van der Waals surface area contributed by atoms with Crippen LogP contribution in [0.4, 0.5) is 11.6 Å². The van der Waals surface area contributed by atoms with Crippen molar-refractivity contribution in [2.45, 2.75) is 19.1 Å². The number of ether oxygens (including phenoxy) is 2. The first-order valence-electron chi connectivity index (χ1n) is 5.77. The van der Waals surface area contributed by atoms with Crippen molar-refractivity contribution in [2.24, 2.45) is 0 Å². The molecule has 0 radical (unpaired) electrons. The minimum absolute atomic E-state index is 0.00556. The molecule has 1 aliphatic heterocycles. The van der Waals surface area contributed by atoms with E-state index in [1.54, 1.807) is 7.11 Å². The zero-order valence-corrected chi connectivity index (χ0v) is 11.2. The molecular weight excluding hydrogens is 256 g/mol. The molecule has 0 bridgehead atoms. The Morgan fingerprint density at radius 1 is 1.56 bits per heavy atom. The Morgan fingerprint density at radius 3 is 3.06 bits per heavy atom. The zero-order valence-electron chi connectivity index (χ0n) is 10.5. The monoisotopic (exact) mass is 272 g/mol. The van der Waals surface area contributed by atoms with Crippen LogP contribution in [0.15, 0.2) is 6.33 Å². The van der Waals surface area contributed by atoms with Crippen molar-refractivity contribution in [3.63, 3.8) is 0 Å². The second kappa shape index (κ2) is 5.69. The highest BCUT2D eigenvalue weighted by molar-refractivity contribution is 6.35. The minimum Gasteiger partial charge on any atom is -0.382 e.